The maximum absolute atomic E-state index is 12.1. The molecule has 0 spiro atoms. The molecule has 0 aromatic carbocycles. The Balaban J connectivity index is 2.73. The Kier molecular flexibility index (Phi) is 6.04. The van der Waals surface area contributed by atoms with Gasteiger partial charge in [0.25, 0.3) is 0 Å². The van der Waals surface area contributed by atoms with Gasteiger partial charge in [0.1, 0.15) is 6.04 Å². The quantitative estimate of drug-likeness (QED) is 0.519. The van der Waals surface area contributed by atoms with Crippen molar-refractivity contribution in [1.29, 1.82) is 0 Å². The zero-order chi connectivity index (χ0) is 13.6. The summed E-state index contributed by atoms with van der Waals surface area (Å²) in [5.41, 5.74) is 0. The Morgan fingerprint density at radius 3 is 2.72 bits per heavy atom. The van der Waals surface area contributed by atoms with E-state index in [-0.39, 0.29) is 12.4 Å². The van der Waals surface area contributed by atoms with Crippen molar-refractivity contribution in [1.82, 2.24) is 4.31 Å². The molecule has 0 N–H and O–H groups in total. The highest BCUT2D eigenvalue weighted by atomic mass is 32.2. The summed E-state index contributed by atoms with van der Waals surface area (Å²) in [6.07, 6.45) is 2.15. The first kappa shape index (κ1) is 15.4. The lowest BCUT2D eigenvalue weighted by Crippen LogP contribution is -2.49. The molecule has 1 aliphatic rings. The summed E-state index contributed by atoms with van der Waals surface area (Å²) in [6.45, 7) is 2.83. The lowest BCUT2D eigenvalue weighted by atomic mass is 10.1. The second kappa shape index (κ2) is 7.06. The van der Waals surface area contributed by atoms with Crippen molar-refractivity contribution >= 4 is 16.0 Å². The van der Waals surface area contributed by atoms with Crippen LogP contribution in [0.1, 0.15) is 26.2 Å². The number of hydrogen-bond donors (Lipinski definition) is 0. The second-order valence-electron chi connectivity index (χ2n) is 4.16. The van der Waals surface area contributed by atoms with E-state index in [9.17, 15) is 13.2 Å². The molecule has 0 aliphatic carbocycles. The predicted octanol–water partition coefficient (Wildman–Crippen LogP) is 0.380. The fourth-order valence-corrected chi connectivity index (χ4v) is 3.58. The Morgan fingerprint density at radius 2 is 2.11 bits per heavy atom. The smallest absolute Gasteiger partial charge is 0.324 e. The molecule has 0 unspecified atom stereocenters. The minimum atomic E-state index is -3.45. The maximum Gasteiger partial charge on any atom is 0.324 e. The SMILES string of the molecule is CCOCCS(=O)(=O)N1CCCC[C@@H]1C(=O)OC. The highest BCUT2D eigenvalue weighted by molar-refractivity contribution is 7.89. The van der Waals surface area contributed by atoms with Crippen LogP contribution in [0.25, 0.3) is 0 Å². The molecule has 7 heteroatoms. The third-order valence-electron chi connectivity index (χ3n) is 2.97. The average molecular weight is 279 g/mol. The Morgan fingerprint density at radius 1 is 1.39 bits per heavy atom. The predicted molar refractivity (Wildman–Crippen MR) is 66.6 cm³/mol. The van der Waals surface area contributed by atoms with Gasteiger partial charge in [-0.15, -0.1) is 0 Å². The van der Waals surface area contributed by atoms with Crippen molar-refractivity contribution in [3.05, 3.63) is 0 Å². The normalized spacial score (nSPS) is 21.8. The number of carbonyl (C=O) groups is 1. The maximum atomic E-state index is 12.1. The van der Waals surface area contributed by atoms with Gasteiger partial charge in [-0.1, -0.05) is 0 Å². The molecule has 0 aromatic heterocycles. The van der Waals surface area contributed by atoms with Gasteiger partial charge in [0, 0.05) is 13.2 Å². The van der Waals surface area contributed by atoms with Crippen molar-refractivity contribution in [3.8, 4) is 0 Å². The van der Waals surface area contributed by atoms with Crippen molar-refractivity contribution in [2.75, 3.05) is 32.6 Å². The van der Waals surface area contributed by atoms with Crippen LogP contribution >= 0.6 is 0 Å². The van der Waals surface area contributed by atoms with Gasteiger partial charge in [0.15, 0.2) is 0 Å². The molecule has 6 nitrogen and oxygen atoms in total. The Hall–Kier alpha value is -0.660. The first-order valence-electron chi connectivity index (χ1n) is 6.18. The van der Waals surface area contributed by atoms with E-state index in [2.05, 4.69) is 4.74 Å². The van der Waals surface area contributed by atoms with Crippen LogP contribution in [0.3, 0.4) is 0 Å². The van der Waals surface area contributed by atoms with E-state index < -0.39 is 22.0 Å². The van der Waals surface area contributed by atoms with Crippen molar-refractivity contribution in [2.45, 2.75) is 32.2 Å². The fraction of sp³-hybridized carbons (Fsp3) is 0.909. The first-order valence-corrected chi connectivity index (χ1v) is 7.79. The van der Waals surface area contributed by atoms with Gasteiger partial charge in [-0.2, -0.15) is 4.31 Å². The van der Waals surface area contributed by atoms with Crippen LogP contribution in [-0.4, -0.2) is 57.4 Å². The number of esters is 1. The van der Waals surface area contributed by atoms with Crippen LogP contribution in [0.5, 0.6) is 0 Å². The molecule has 0 saturated carbocycles. The van der Waals surface area contributed by atoms with Crippen LogP contribution in [-0.2, 0) is 24.3 Å². The zero-order valence-electron chi connectivity index (χ0n) is 10.9. The van der Waals surface area contributed by atoms with Crippen molar-refractivity contribution < 1.29 is 22.7 Å². The molecule has 0 amide bonds. The van der Waals surface area contributed by atoms with Crippen LogP contribution in [0.4, 0.5) is 0 Å². The fourth-order valence-electron chi connectivity index (χ4n) is 2.04. The summed E-state index contributed by atoms with van der Waals surface area (Å²) in [6, 6.07) is -0.671. The number of ether oxygens (including phenoxy) is 2. The lowest BCUT2D eigenvalue weighted by Gasteiger charge is -2.32. The summed E-state index contributed by atoms with van der Waals surface area (Å²) in [5, 5.41) is 0. The van der Waals surface area contributed by atoms with Crippen LogP contribution in [0, 0.1) is 0 Å². The van der Waals surface area contributed by atoms with Crippen LogP contribution in [0.15, 0.2) is 0 Å². The first-order chi connectivity index (χ1) is 8.53. The molecular weight excluding hydrogens is 258 g/mol. The molecule has 18 heavy (non-hydrogen) atoms. The van der Waals surface area contributed by atoms with E-state index in [4.69, 9.17) is 4.74 Å². The molecule has 1 aliphatic heterocycles. The van der Waals surface area contributed by atoms with Gasteiger partial charge in [0.05, 0.1) is 19.5 Å². The minimum absolute atomic E-state index is 0.0890. The molecule has 0 bridgehead atoms. The molecule has 0 aromatic rings. The number of piperidine rings is 1. The molecule has 1 saturated heterocycles. The minimum Gasteiger partial charge on any atom is -0.468 e. The Bertz CT molecular complexity index is 368. The molecule has 1 heterocycles. The number of rotatable bonds is 6. The summed E-state index contributed by atoms with van der Waals surface area (Å²) in [7, 11) is -2.17. The van der Waals surface area contributed by atoms with Gasteiger partial charge in [-0.25, -0.2) is 8.42 Å². The van der Waals surface area contributed by atoms with Gasteiger partial charge in [-0.3, -0.25) is 4.79 Å². The van der Waals surface area contributed by atoms with E-state index >= 15 is 0 Å². The largest absolute Gasteiger partial charge is 0.468 e. The highest BCUT2D eigenvalue weighted by Crippen LogP contribution is 2.21. The molecular formula is C11H21NO5S. The van der Waals surface area contributed by atoms with Gasteiger partial charge in [0.2, 0.25) is 10.0 Å². The summed E-state index contributed by atoms with van der Waals surface area (Å²) < 4.78 is 35.2. The molecule has 1 atom stereocenters. The van der Waals surface area contributed by atoms with E-state index in [1.807, 2.05) is 6.92 Å². The van der Waals surface area contributed by atoms with E-state index in [1.165, 1.54) is 11.4 Å². The highest BCUT2D eigenvalue weighted by Gasteiger charge is 2.36. The zero-order valence-corrected chi connectivity index (χ0v) is 11.7. The molecule has 0 radical (unpaired) electrons. The second-order valence-corrected chi connectivity index (χ2v) is 6.20. The third-order valence-corrected chi connectivity index (χ3v) is 4.81. The third kappa shape index (κ3) is 3.93. The topological polar surface area (TPSA) is 72.9 Å². The Labute approximate surface area is 108 Å². The van der Waals surface area contributed by atoms with Crippen LogP contribution < -0.4 is 0 Å². The number of hydrogen-bond acceptors (Lipinski definition) is 5. The number of carbonyl (C=O) groups excluding carboxylic acids is 1. The average Bonchev–Trinajstić information content (AvgIpc) is 2.38. The standard InChI is InChI=1S/C11H21NO5S/c1-3-17-8-9-18(14,15)12-7-5-4-6-10(12)11(13)16-2/h10H,3-9H2,1-2H3/t10-/m1/s1. The molecule has 1 fully saturated rings. The monoisotopic (exact) mass is 279 g/mol. The van der Waals surface area contributed by atoms with Gasteiger partial charge in [-0.05, 0) is 26.2 Å². The van der Waals surface area contributed by atoms with Crippen LogP contribution in [0.2, 0.25) is 0 Å². The van der Waals surface area contributed by atoms with Gasteiger partial charge < -0.3 is 9.47 Å². The summed E-state index contributed by atoms with van der Waals surface area (Å²) in [4.78, 5) is 11.6. The summed E-state index contributed by atoms with van der Waals surface area (Å²) >= 11 is 0. The van der Waals surface area contributed by atoms with E-state index in [1.54, 1.807) is 0 Å². The molecule has 106 valence electrons. The lowest BCUT2D eigenvalue weighted by molar-refractivity contribution is -0.146. The number of methoxy groups -OCH3 is 1. The number of nitrogens with zero attached hydrogens (tertiary/aromatic N) is 1. The van der Waals surface area contributed by atoms with E-state index in [0.717, 1.165) is 12.8 Å². The number of sulfonamides is 1. The molecule has 1 rings (SSSR count). The van der Waals surface area contributed by atoms with Crippen molar-refractivity contribution in [3.63, 3.8) is 0 Å². The van der Waals surface area contributed by atoms with Gasteiger partial charge >= 0.3 is 5.97 Å². The summed E-state index contributed by atoms with van der Waals surface area (Å²) in [5.74, 6) is -0.566. The van der Waals surface area contributed by atoms with E-state index in [0.29, 0.717) is 19.6 Å². The van der Waals surface area contributed by atoms with Crippen molar-refractivity contribution in [2.24, 2.45) is 0 Å².